The summed E-state index contributed by atoms with van der Waals surface area (Å²) in [6.07, 6.45) is 9.28. The normalized spacial score (nSPS) is 18.6. The minimum absolute atomic E-state index is 0.00989. The highest BCUT2D eigenvalue weighted by Gasteiger charge is 2.37. The van der Waals surface area contributed by atoms with Gasteiger partial charge in [-0.25, -0.2) is 4.79 Å². The molecule has 0 saturated heterocycles. The van der Waals surface area contributed by atoms with Gasteiger partial charge in [-0.1, -0.05) is 43.7 Å². The molecule has 6 nitrogen and oxygen atoms in total. The molecule has 1 heterocycles. The first-order chi connectivity index (χ1) is 15.7. The van der Waals surface area contributed by atoms with E-state index in [1.165, 1.54) is 30.2 Å². The van der Waals surface area contributed by atoms with E-state index in [0.717, 1.165) is 18.5 Å². The van der Waals surface area contributed by atoms with E-state index in [0.29, 0.717) is 12.3 Å². The molecule has 0 radical (unpaired) electrons. The SMILES string of the molecule is C=COCCOC(=O)Nc1ccc(C2(c3ccc(NC4C=COC4)cc3)CCCC2)cc1. The molecular formula is C26H30N2O4. The van der Waals surface area contributed by atoms with Gasteiger partial charge in [0.1, 0.15) is 19.8 Å². The summed E-state index contributed by atoms with van der Waals surface area (Å²) in [4.78, 5) is 11.9. The molecule has 2 aromatic rings. The Balaban J connectivity index is 1.43. The second-order valence-corrected chi connectivity index (χ2v) is 8.15. The lowest BCUT2D eigenvalue weighted by atomic mass is 9.73. The second kappa shape index (κ2) is 10.3. The molecule has 1 saturated carbocycles. The Morgan fingerprint density at radius 2 is 1.69 bits per heavy atom. The lowest BCUT2D eigenvalue weighted by molar-refractivity contribution is 0.123. The summed E-state index contributed by atoms with van der Waals surface area (Å²) in [6.45, 7) is 4.58. The van der Waals surface area contributed by atoms with Crippen LogP contribution >= 0.6 is 0 Å². The Morgan fingerprint density at radius 1 is 1.03 bits per heavy atom. The van der Waals surface area contributed by atoms with Gasteiger partial charge in [0.25, 0.3) is 0 Å². The molecule has 1 amide bonds. The van der Waals surface area contributed by atoms with Crippen molar-refractivity contribution in [2.24, 2.45) is 0 Å². The monoisotopic (exact) mass is 434 g/mol. The summed E-state index contributed by atoms with van der Waals surface area (Å²) in [6, 6.07) is 17.1. The van der Waals surface area contributed by atoms with Crippen molar-refractivity contribution in [1.29, 1.82) is 0 Å². The van der Waals surface area contributed by atoms with E-state index < -0.39 is 6.09 Å². The van der Waals surface area contributed by atoms with Gasteiger partial charge in [-0.3, -0.25) is 5.32 Å². The maximum absolute atomic E-state index is 11.9. The first-order valence-corrected chi connectivity index (χ1v) is 11.1. The molecule has 1 unspecified atom stereocenters. The van der Waals surface area contributed by atoms with Crippen molar-refractivity contribution in [1.82, 2.24) is 0 Å². The summed E-state index contributed by atoms with van der Waals surface area (Å²) in [5.74, 6) is 0. The molecule has 168 valence electrons. The number of hydrogen-bond acceptors (Lipinski definition) is 5. The highest BCUT2D eigenvalue weighted by atomic mass is 16.6. The molecule has 2 aliphatic rings. The van der Waals surface area contributed by atoms with Crippen molar-refractivity contribution in [3.8, 4) is 0 Å². The topological polar surface area (TPSA) is 68.8 Å². The molecular weight excluding hydrogens is 404 g/mol. The standard InChI is InChI=1S/C26H30N2O4/c1-2-30-17-18-32-25(29)28-23-11-7-21(8-12-23)26(14-3-4-15-26)20-5-9-22(10-6-20)27-24-13-16-31-19-24/h2,5-13,16,24,27H,1,3-4,14-15,17-19H2,(H,28,29). The molecule has 0 aromatic heterocycles. The van der Waals surface area contributed by atoms with Crippen molar-refractivity contribution >= 4 is 17.5 Å². The first kappa shape index (κ1) is 21.8. The van der Waals surface area contributed by atoms with E-state index in [9.17, 15) is 4.79 Å². The second-order valence-electron chi connectivity index (χ2n) is 8.15. The van der Waals surface area contributed by atoms with E-state index in [-0.39, 0.29) is 24.7 Å². The molecule has 0 bridgehead atoms. The summed E-state index contributed by atoms with van der Waals surface area (Å²) in [5.41, 5.74) is 4.43. The molecule has 32 heavy (non-hydrogen) atoms. The fraction of sp³-hybridized carbons (Fsp3) is 0.346. The van der Waals surface area contributed by atoms with Gasteiger partial charge in [-0.2, -0.15) is 0 Å². The number of carbonyl (C=O) groups is 1. The fourth-order valence-electron chi connectivity index (χ4n) is 4.57. The van der Waals surface area contributed by atoms with Gasteiger partial charge in [0.2, 0.25) is 0 Å². The third-order valence-electron chi connectivity index (χ3n) is 6.17. The number of benzene rings is 2. The minimum atomic E-state index is -0.494. The van der Waals surface area contributed by atoms with Crippen molar-refractivity contribution in [2.75, 3.05) is 30.5 Å². The van der Waals surface area contributed by atoms with E-state index in [1.807, 2.05) is 18.2 Å². The summed E-state index contributed by atoms with van der Waals surface area (Å²) in [5, 5.41) is 6.25. The number of anilines is 2. The zero-order valence-electron chi connectivity index (χ0n) is 18.2. The predicted molar refractivity (Wildman–Crippen MR) is 126 cm³/mol. The van der Waals surface area contributed by atoms with Gasteiger partial charge < -0.3 is 19.5 Å². The Bertz CT molecular complexity index is 931. The predicted octanol–water partition coefficient (Wildman–Crippen LogP) is 5.58. The molecule has 1 aliphatic carbocycles. The molecule has 0 spiro atoms. The maximum atomic E-state index is 11.9. The number of carbonyl (C=O) groups excluding carboxylic acids is 1. The fourth-order valence-corrected chi connectivity index (χ4v) is 4.57. The van der Waals surface area contributed by atoms with Crippen LogP contribution in [-0.4, -0.2) is 32.0 Å². The average molecular weight is 435 g/mol. The minimum Gasteiger partial charge on any atom is -0.499 e. The number of hydrogen-bond donors (Lipinski definition) is 2. The van der Waals surface area contributed by atoms with E-state index >= 15 is 0 Å². The highest BCUT2D eigenvalue weighted by molar-refractivity contribution is 5.84. The summed E-state index contributed by atoms with van der Waals surface area (Å²) < 4.78 is 15.3. The lowest BCUT2D eigenvalue weighted by Gasteiger charge is -2.31. The molecule has 1 atom stereocenters. The first-order valence-electron chi connectivity index (χ1n) is 11.1. The summed E-state index contributed by atoms with van der Waals surface area (Å²) in [7, 11) is 0. The zero-order valence-corrected chi connectivity index (χ0v) is 18.2. The molecule has 2 aromatic carbocycles. The van der Waals surface area contributed by atoms with Crippen molar-refractivity contribution < 1.29 is 19.0 Å². The van der Waals surface area contributed by atoms with Crippen molar-refractivity contribution in [2.45, 2.75) is 37.1 Å². The van der Waals surface area contributed by atoms with E-state index in [2.05, 4.69) is 53.6 Å². The number of nitrogens with one attached hydrogen (secondary N) is 2. The van der Waals surface area contributed by atoms with Crippen LogP contribution in [0.1, 0.15) is 36.8 Å². The molecule has 6 heteroatoms. The molecule has 4 rings (SSSR count). The average Bonchev–Trinajstić information content (AvgIpc) is 3.51. The maximum Gasteiger partial charge on any atom is 0.411 e. The van der Waals surface area contributed by atoms with Crippen LogP contribution in [0.2, 0.25) is 0 Å². The van der Waals surface area contributed by atoms with Crippen LogP contribution in [0.4, 0.5) is 16.2 Å². The quantitative estimate of drug-likeness (QED) is 0.398. The lowest BCUT2D eigenvalue weighted by Crippen LogP contribution is -2.24. The van der Waals surface area contributed by atoms with Gasteiger partial charge >= 0.3 is 6.09 Å². The highest BCUT2D eigenvalue weighted by Crippen LogP contribution is 2.46. The zero-order chi connectivity index (χ0) is 22.2. The third-order valence-corrected chi connectivity index (χ3v) is 6.17. The number of rotatable bonds is 9. The van der Waals surface area contributed by atoms with Crippen LogP contribution < -0.4 is 10.6 Å². The molecule has 2 N–H and O–H groups in total. The summed E-state index contributed by atoms with van der Waals surface area (Å²) >= 11 is 0. The number of ether oxygens (including phenoxy) is 3. The van der Waals surface area contributed by atoms with Gasteiger partial charge in [0.05, 0.1) is 18.6 Å². The van der Waals surface area contributed by atoms with E-state index in [4.69, 9.17) is 14.2 Å². The van der Waals surface area contributed by atoms with Crippen LogP contribution in [0, 0.1) is 0 Å². The Morgan fingerprint density at radius 3 is 2.28 bits per heavy atom. The van der Waals surface area contributed by atoms with Crippen LogP contribution in [0.15, 0.2) is 73.7 Å². The number of amides is 1. The van der Waals surface area contributed by atoms with Gasteiger partial charge in [-0.15, -0.1) is 0 Å². The smallest absolute Gasteiger partial charge is 0.411 e. The van der Waals surface area contributed by atoms with Crippen LogP contribution in [0.5, 0.6) is 0 Å². The van der Waals surface area contributed by atoms with Crippen LogP contribution in [0.25, 0.3) is 0 Å². The largest absolute Gasteiger partial charge is 0.499 e. The Labute approximate surface area is 189 Å². The Kier molecular flexibility index (Phi) is 7.00. The van der Waals surface area contributed by atoms with Crippen LogP contribution in [0.3, 0.4) is 0 Å². The van der Waals surface area contributed by atoms with Gasteiger partial charge in [-0.05, 0) is 54.3 Å². The van der Waals surface area contributed by atoms with Gasteiger partial charge in [0.15, 0.2) is 0 Å². The van der Waals surface area contributed by atoms with Crippen molar-refractivity contribution in [3.63, 3.8) is 0 Å². The Hall–Kier alpha value is -3.41. The molecule has 1 aliphatic heterocycles. The van der Waals surface area contributed by atoms with Crippen LogP contribution in [-0.2, 0) is 19.6 Å². The van der Waals surface area contributed by atoms with Gasteiger partial charge in [0, 0.05) is 16.8 Å². The molecule has 1 fully saturated rings. The van der Waals surface area contributed by atoms with E-state index in [1.54, 1.807) is 6.26 Å². The third kappa shape index (κ3) is 5.07. The van der Waals surface area contributed by atoms with Crippen molar-refractivity contribution in [3.05, 3.63) is 84.8 Å².